The average molecular weight is 203 g/mol. The van der Waals surface area contributed by atoms with Gasteiger partial charge in [-0.05, 0) is 12.0 Å². The van der Waals surface area contributed by atoms with Gasteiger partial charge in [-0.3, -0.25) is 4.79 Å². The average Bonchev–Trinajstić information content (AvgIpc) is 2.25. The number of carbonyl (C=O) groups is 1. The van der Waals surface area contributed by atoms with Gasteiger partial charge in [-0.2, -0.15) is 0 Å². The van der Waals surface area contributed by atoms with Crippen LogP contribution in [-0.2, 0) is 4.79 Å². The molecule has 1 aromatic rings. The number of carbonyl (C=O) groups excluding carboxylic acids is 1. The Balaban J connectivity index is 2.65. The van der Waals surface area contributed by atoms with Crippen LogP contribution in [0.1, 0.15) is 24.8 Å². The van der Waals surface area contributed by atoms with Gasteiger partial charge in [0.15, 0.2) is 0 Å². The van der Waals surface area contributed by atoms with Crippen molar-refractivity contribution in [3.8, 4) is 0 Å². The SMILES string of the molecule is C=CCC(CNC(C)=O)c1ccccc1. The number of amides is 1. The number of allylic oxidation sites excluding steroid dienone is 1. The zero-order valence-electron chi connectivity index (χ0n) is 9.07. The first kappa shape index (κ1) is 11.5. The van der Waals surface area contributed by atoms with Crippen molar-refractivity contribution in [2.75, 3.05) is 6.54 Å². The minimum absolute atomic E-state index is 0.0139. The number of hydrogen-bond acceptors (Lipinski definition) is 1. The molecule has 0 aromatic heterocycles. The summed E-state index contributed by atoms with van der Waals surface area (Å²) in [6, 6.07) is 10.2. The molecule has 1 aromatic carbocycles. The summed E-state index contributed by atoms with van der Waals surface area (Å²) < 4.78 is 0. The van der Waals surface area contributed by atoms with E-state index >= 15 is 0 Å². The van der Waals surface area contributed by atoms with Gasteiger partial charge in [0.1, 0.15) is 0 Å². The number of nitrogens with one attached hydrogen (secondary N) is 1. The summed E-state index contributed by atoms with van der Waals surface area (Å²) in [4.78, 5) is 10.8. The van der Waals surface area contributed by atoms with E-state index in [0.717, 1.165) is 6.42 Å². The summed E-state index contributed by atoms with van der Waals surface area (Å²) in [5, 5.41) is 2.84. The standard InChI is InChI=1S/C13H17NO/c1-3-7-13(10-14-11(2)15)12-8-5-4-6-9-12/h3-6,8-9,13H,1,7,10H2,2H3,(H,14,15). The fourth-order valence-corrected chi connectivity index (χ4v) is 1.53. The summed E-state index contributed by atoms with van der Waals surface area (Å²) in [6.07, 6.45) is 2.77. The van der Waals surface area contributed by atoms with E-state index in [1.165, 1.54) is 12.5 Å². The highest BCUT2D eigenvalue weighted by molar-refractivity contribution is 5.72. The maximum atomic E-state index is 10.8. The lowest BCUT2D eigenvalue weighted by Crippen LogP contribution is -2.25. The molecule has 0 fully saturated rings. The normalized spacial score (nSPS) is 11.8. The third kappa shape index (κ3) is 3.98. The number of benzene rings is 1. The Morgan fingerprint density at radius 3 is 2.67 bits per heavy atom. The molecule has 0 saturated carbocycles. The highest BCUT2D eigenvalue weighted by Gasteiger charge is 2.09. The molecule has 80 valence electrons. The highest BCUT2D eigenvalue weighted by Crippen LogP contribution is 2.18. The van der Waals surface area contributed by atoms with Crippen molar-refractivity contribution < 1.29 is 4.79 Å². The largest absolute Gasteiger partial charge is 0.356 e. The molecule has 1 N–H and O–H groups in total. The van der Waals surface area contributed by atoms with Crippen LogP contribution < -0.4 is 5.32 Å². The first-order valence-corrected chi connectivity index (χ1v) is 5.14. The summed E-state index contributed by atoms with van der Waals surface area (Å²) in [7, 11) is 0. The molecular weight excluding hydrogens is 186 g/mol. The van der Waals surface area contributed by atoms with Crippen LogP contribution in [0, 0.1) is 0 Å². The van der Waals surface area contributed by atoms with Crippen LogP contribution in [0.2, 0.25) is 0 Å². The molecule has 1 rings (SSSR count). The molecular formula is C13H17NO. The van der Waals surface area contributed by atoms with E-state index in [-0.39, 0.29) is 5.91 Å². The molecule has 0 heterocycles. The van der Waals surface area contributed by atoms with E-state index in [1.54, 1.807) is 0 Å². The Labute approximate surface area is 91.0 Å². The van der Waals surface area contributed by atoms with Gasteiger partial charge in [0.25, 0.3) is 0 Å². The lowest BCUT2D eigenvalue weighted by atomic mass is 9.96. The lowest BCUT2D eigenvalue weighted by molar-refractivity contribution is -0.119. The summed E-state index contributed by atoms with van der Waals surface area (Å²) >= 11 is 0. The first-order chi connectivity index (χ1) is 7.24. The van der Waals surface area contributed by atoms with Crippen molar-refractivity contribution in [2.24, 2.45) is 0 Å². The van der Waals surface area contributed by atoms with Crippen LogP contribution in [0.25, 0.3) is 0 Å². The Morgan fingerprint density at radius 2 is 2.13 bits per heavy atom. The summed E-state index contributed by atoms with van der Waals surface area (Å²) in [6.45, 7) is 5.95. The van der Waals surface area contributed by atoms with Crippen molar-refractivity contribution in [1.82, 2.24) is 5.32 Å². The maximum Gasteiger partial charge on any atom is 0.216 e. The third-order valence-electron chi connectivity index (χ3n) is 2.32. The van der Waals surface area contributed by atoms with Crippen molar-refractivity contribution in [3.05, 3.63) is 48.6 Å². The molecule has 1 atom stereocenters. The van der Waals surface area contributed by atoms with E-state index in [0.29, 0.717) is 12.5 Å². The van der Waals surface area contributed by atoms with E-state index in [4.69, 9.17) is 0 Å². The van der Waals surface area contributed by atoms with Gasteiger partial charge in [0.05, 0.1) is 0 Å². The fraction of sp³-hybridized carbons (Fsp3) is 0.308. The quantitative estimate of drug-likeness (QED) is 0.732. The Morgan fingerprint density at radius 1 is 1.47 bits per heavy atom. The van der Waals surface area contributed by atoms with Gasteiger partial charge in [-0.1, -0.05) is 36.4 Å². The Bertz CT molecular complexity index is 319. The molecule has 15 heavy (non-hydrogen) atoms. The number of rotatable bonds is 5. The molecule has 2 heteroatoms. The third-order valence-corrected chi connectivity index (χ3v) is 2.32. The van der Waals surface area contributed by atoms with Gasteiger partial charge < -0.3 is 5.32 Å². The molecule has 0 radical (unpaired) electrons. The van der Waals surface area contributed by atoms with Crippen LogP contribution in [0.5, 0.6) is 0 Å². The zero-order chi connectivity index (χ0) is 11.1. The van der Waals surface area contributed by atoms with E-state index in [9.17, 15) is 4.79 Å². The second-order valence-electron chi connectivity index (χ2n) is 3.57. The minimum atomic E-state index is 0.0139. The second-order valence-corrected chi connectivity index (χ2v) is 3.57. The Hall–Kier alpha value is -1.57. The molecule has 0 saturated heterocycles. The van der Waals surface area contributed by atoms with E-state index in [1.807, 2.05) is 24.3 Å². The molecule has 2 nitrogen and oxygen atoms in total. The van der Waals surface area contributed by atoms with Crippen LogP contribution >= 0.6 is 0 Å². The molecule has 0 aliphatic heterocycles. The summed E-state index contributed by atoms with van der Waals surface area (Å²) in [5.74, 6) is 0.340. The molecule has 0 spiro atoms. The van der Waals surface area contributed by atoms with Gasteiger partial charge in [0, 0.05) is 19.4 Å². The fourth-order valence-electron chi connectivity index (χ4n) is 1.53. The molecule has 1 unspecified atom stereocenters. The van der Waals surface area contributed by atoms with Gasteiger partial charge in [-0.15, -0.1) is 6.58 Å². The molecule has 0 bridgehead atoms. The Kier molecular flexibility index (Phi) is 4.61. The zero-order valence-corrected chi connectivity index (χ0v) is 9.07. The van der Waals surface area contributed by atoms with Crippen LogP contribution in [0.3, 0.4) is 0 Å². The monoisotopic (exact) mass is 203 g/mol. The second kappa shape index (κ2) is 6.02. The van der Waals surface area contributed by atoms with E-state index < -0.39 is 0 Å². The molecule has 0 aliphatic rings. The lowest BCUT2D eigenvalue weighted by Gasteiger charge is -2.15. The van der Waals surface area contributed by atoms with Crippen LogP contribution in [-0.4, -0.2) is 12.5 Å². The van der Waals surface area contributed by atoms with Crippen LogP contribution in [0.15, 0.2) is 43.0 Å². The van der Waals surface area contributed by atoms with Crippen molar-refractivity contribution in [1.29, 1.82) is 0 Å². The number of hydrogen-bond donors (Lipinski definition) is 1. The molecule has 0 aliphatic carbocycles. The van der Waals surface area contributed by atoms with Crippen molar-refractivity contribution >= 4 is 5.91 Å². The molecule has 1 amide bonds. The van der Waals surface area contributed by atoms with Crippen molar-refractivity contribution in [2.45, 2.75) is 19.3 Å². The van der Waals surface area contributed by atoms with Crippen molar-refractivity contribution in [3.63, 3.8) is 0 Å². The predicted molar refractivity (Wildman–Crippen MR) is 62.7 cm³/mol. The van der Waals surface area contributed by atoms with Gasteiger partial charge in [-0.25, -0.2) is 0 Å². The first-order valence-electron chi connectivity index (χ1n) is 5.14. The minimum Gasteiger partial charge on any atom is -0.356 e. The predicted octanol–water partition coefficient (Wildman–Crippen LogP) is 2.48. The highest BCUT2D eigenvalue weighted by atomic mass is 16.1. The van der Waals surface area contributed by atoms with Crippen LogP contribution in [0.4, 0.5) is 0 Å². The van der Waals surface area contributed by atoms with Gasteiger partial charge in [0.2, 0.25) is 5.91 Å². The smallest absolute Gasteiger partial charge is 0.216 e. The maximum absolute atomic E-state index is 10.8. The topological polar surface area (TPSA) is 29.1 Å². The van der Waals surface area contributed by atoms with Gasteiger partial charge >= 0.3 is 0 Å². The van der Waals surface area contributed by atoms with E-state index in [2.05, 4.69) is 24.0 Å². The summed E-state index contributed by atoms with van der Waals surface area (Å²) in [5.41, 5.74) is 1.24.